The molecule has 3 heteroatoms. The number of hydrogen-bond donors (Lipinski definition) is 1. The van der Waals surface area contributed by atoms with E-state index in [-0.39, 0.29) is 17.3 Å². The zero-order valence-electron chi connectivity index (χ0n) is 17.0. The maximum atomic E-state index is 13.6. The van der Waals surface area contributed by atoms with E-state index in [1.165, 1.54) is 35.2 Å². The lowest BCUT2D eigenvalue weighted by atomic mass is 9.74. The van der Waals surface area contributed by atoms with Crippen LogP contribution in [0, 0.1) is 5.82 Å². The van der Waals surface area contributed by atoms with Gasteiger partial charge in [-0.25, -0.2) is 4.39 Å². The minimum atomic E-state index is -0.301. The van der Waals surface area contributed by atoms with Gasteiger partial charge in [0.2, 0.25) is 0 Å². The minimum Gasteiger partial charge on any atom is -0.304 e. The van der Waals surface area contributed by atoms with Gasteiger partial charge in [-0.05, 0) is 65.6 Å². The highest BCUT2D eigenvalue weighted by atomic mass is 19.1. The minimum absolute atomic E-state index is 0.0663. The van der Waals surface area contributed by atoms with Crippen molar-refractivity contribution >= 4 is 5.78 Å². The molecule has 2 aromatic carbocycles. The fourth-order valence-corrected chi connectivity index (χ4v) is 5.36. The molecule has 1 atom stereocenters. The van der Waals surface area contributed by atoms with Gasteiger partial charge in [0.15, 0.2) is 5.78 Å². The molecule has 1 aliphatic heterocycles. The molecule has 4 rings (SSSR count). The summed E-state index contributed by atoms with van der Waals surface area (Å²) in [6, 6.07) is 11.0. The van der Waals surface area contributed by atoms with Gasteiger partial charge in [0.1, 0.15) is 5.82 Å². The molecule has 2 aromatic rings. The lowest BCUT2D eigenvalue weighted by Crippen LogP contribution is -2.47. The van der Waals surface area contributed by atoms with Gasteiger partial charge in [-0.2, -0.15) is 0 Å². The predicted molar refractivity (Wildman–Crippen MR) is 112 cm³/mol. The Morgan fingerprint density at radius 1 is 1.00 bits per heavy atom. The highest BCUT2D eigenvalue weighted by Gasteiger charge is 2.48. The van der Waals surface area contributed by atoms with E-state index in [4.69, 9.17) is 0 Å². The summed E-state index contributed by atoms with van der Waals surface area (Å²) < 4.78 is 13.4. The Hall–Kier alpha value is -2.00. The summed E-state index contributed by atoms with van der Waals surface area (Å²) in [5.74, 6) is 0.109. The number of aryl methyl sites for hydroxylation is 1. The third-order valence-corrected chi connectivity index (χ3v) is 6.83. The molecule has 1 heterocycles. The van der Waals surface area contributed by atoms with Crippen molar-refractivity contribution in [1.29, 1.82) is 0 Å². The normalized spacial score (nSPS) is 21.4. The number of ketones is 1. The van der Waals surface area contributed by atoms with Crippen LogP contribution in [0.5, 0.6) is 0 Å². The Balaban J connectivity index is 1.80. The second-order valence-electron chi connectivity index (χ2n) is 8.32. The molecule has 0 radical (unpaired) electrons. The largest absolute Gasteiger partial charge is 0.304 e. The summed E-state index contributed by atoms with van der Waals surface area (Å²) in [7, 11) is 0. The Morgan fingerprint density at radius 3 is 2.36 bits per heavy atom. The van der Waals surface area contributed by atoms with Crippen LogP contribution in [0.3, 0.4) is 0 Å². The first-order valence-corrected chi connectivity index (χ1v) is 10.8. The van der Waals surface area contributed by atoms with Crippen molar-refractivity contribution in [2.24, 2.45) is 0 Å². The SMILES string of the molecule is CCc1ccc(-c2ccc(F)cc2)c(CC)c1C1CNC2(CCCCC2)C1=O. The Bertz CT molecular complexity index is 865. The second-order valence-corrected chi connectivity index (χ2v) is 8.32. The van der Waals surface area contributed by atoms with Crippen LogP contribution < -0.4 is 5.32 Å². The number of rotatable bonds is 4. The lowest BCUT2D eigenvalue weighted by molar-refractivity contribution is -0.124. The van der Waals surface area contributed by atoms with E-state index in [0.29, 0.717) is 5.78 Å². The van der Waals surface area contributed by atoms with E-state index in [1.54, 1.807) is 0 Å². The van der Waals surface area contributed by atoms with Crippen LogP contribution in [0.25, 0.3) is 11.1 Å². The average molecular weight is 380 g/mol. The van der Waals surface area contributed by atoms with Crippen LogP contribution in [-0.4, -0.2) is 17.9 Å². The molecule has 1 aliphatic carbocycles. The van der Waals surface area contributed by atoms with Crippen molar-refractivity contribution in [3.05, 3.63) is 58.9 Å². The van der Waals surface area contributed by atoms with E-state index in [9.17, 15) is 9.18 Å². The first kappa shape index (κ1) is 19.3. The molecule has 2 nitrogen and oxygen atoms in total. The maximum Gasteiger partial charge on any atom is 0.161 e. The number of carbonyl (C=O) groups excluding carboxylic acids is 1. The van der Waals surface area contributed by atoms with Gasteiger partial charge in [-0.3, -0.25) is 4.79 Å². The predicted octanol–water partition coefficient (Wildman–Crippen LogP) is 5.58. The van der Waals surface area contributed by atoms with Gasteiger partial charge in [-0.1, -0.05) is 57.4 Å². The summed E-state index contributed by atoms with van der Waals surface area (Å²) in [5, 5.41) is 3.64. The summed E-state index contributed by atoms with van der Waals surface area (Å²) in [6.07, 6.45) is 7.26. The van der Waals surface area contributed by atoms with Crippen molar-refractivity contribution in [2.45, 2.75) is 70.3 Å². The summed E-state index contributed by atoms with van der Waals surface area (Å²) in [5.41, 5.74) is 5.60. The van der Waals surface area contributed by atoms with Crippen molar-refractivity contribution in [3.63, 3.8) is 0 Å². The molecular formula is C25H30FNO. The monoisotopic (exact) mass is 379 g/mol. The van der Waals surface area contributed by atoms with Gasteiger partial charge in [-0.15, -0.1) is 0 Å². The zero-order valence-corrected chi connectivity index (χ0v) is 17.0. The van der Waals surface area contributed by atoms with Crippen LogP contribution in [-0.2, 0) is 17.6 Å². The molecule has 1 N–H and O–H groups in total. The fraction of sp³-hybridized carbons (Fsp3) is 0.480. The number of Topliss-reactive ketones (excluding diaryl/α,β-unsaturated/α-hetero) is 1. The quantitative estimate of drug-likeness (QED) is 0.752. The molecule has 0 bridgehead atoms. The maximum absolute atomic E-state index is 13.6. The molecule has 2 fully saturated rings. The van der Waals surface area contributed by atoms with Crippen LogP contribution in [0.15, 0.2) is 36.4 Å². The van der Waals surface area contributed by atoms with Crippen LogP contribution in [0.1, 0.15) is 68.6 Å². The summed E-state index contributed by atoms with van der Waals surface area (Å²) in [4.78, 5) is 13.6. The Kier molecular flexibility index (Phi) is 5.37. The van der Waals surface area contributed by atoms with Crippen molar-refractivity contribution < 1.29 is 9.18 Å². The van der Waals surface area contributed by atoms with Gasteiger partial charge in [0.05, 0.1) is 11.5 Å². The van der Waals surface area contributed by atoms with E-state index in [2.05, 4.69) is 31.3 Å². The molecular weight excluding hydrogens is 349 g/mol. The van der Waals surface area contributed by atoms with Crippen LogP contribution in [0.4, 0.5) is 4.39 Å². The molecule has 28 heavy (non-hydrogen) atoms. The van der Waals surface area contributed by atoms with Gasteiger partial charge in [0, 0.05) is 6.54 Å². The summed E-state index contributed by atoms with van der Waals surface area (Å²) in [6.45, 7) is 5.07. The topological polar surface area (TPSA) is 29.1 Å². The van der Waals surface area contributed by atoms with E-state index in [0.717, 1.165) is 56.2 Å². The molecule has 0 aromatic heterocycles. The van der Waals surface area contributed by atoms with Crippen LogP contribution in [0.2, 0.25) is 0 Å². The smallest absolute Gasteiger partial charge is 0.161 e. The van der Waals surface area contributed by atoms with Gasteiger partial charge >= 0.3 is 0 Å². The average Bonchev–Trinajstić information content (AvgIpc) is 3.03. The van der Waals surface area contributed by atoms with Crippen molar-refractivity contribution in [2.75, 3.05) is 6.54 Å². The molecule has 1 spiro atoms. The Morgan fingerprint density at radius 2 is 1.71 bits per heavy atom. The zero-order chi connectivity index (χ0) is 19.7. The van der Waals surface area contributed by atoms with Crippen LogP contribution >= 0.6 is 0 Å². The molecule has 2 aliphatic rings. The molecule has 1 saturated carbocycles. The highest BCUT2D eigenvalue weighted by molar-refractivity contribution is 5.97. The second kappa shape index (κ2) is 7.79. The summed E-state index contributed by atoms with van der Waals surface area (Å²) >= 11 is 0. The number of carbonyl (C=O) groups is 1. The van der Waals surface area contributed by atoms with E-state index >= 15 is 0 Å². The third-order valence-electron chi connectivity index (χ3n) is 6.83. The highest BCUT2D eigenvalue weighted by Crippen LogP contribution is 2.42. The van der Waals surface area contributed by atoms with Gasteiger partial charge in [0.25, 0.3) is 0 Å². The molecule has 148 valence electrons. The lowest BCUT2D eigenvalue weighted by Gasteiger charge is -2.32. The van der Waals surface area contributed by atoms with Crippen molar-refractivity contribution in [3.8, 4) is 11.1 Å². The van der Waals surface area contributed by atoms with E-state index in [1.807, 2.05) is 12.1 Å². The third kappa shape index (κ3) is 3.20. The number of nitrogens with one attached hydrogen (secondary N) is 1. The molecule has 1 unspecified atom stereocenters. The van der Waals surface area contributed by atoms with E-state index < -0.39 is 0 Å². The number of benzene rings is 2. The first-order chi connectivity index (χ1) is 13.6. The first-order valence-electron chi connectivity index (χ1n) is 10.8. The number of halogens is 1. The van der Waals surface area contributed by atoms with Gasteiger partial charge < -0.3 is 5.32 Å². The number of hydrogen-bond acceptors (Lipinski definition) is 2. The fourth-order valence-electron chi connectivity index (χ4n) is 5.36. The molecule has 1 saturated heterocycles. The standard InChI is InChI=1S/C25H30FNO/c1-3-17-10-13-21(18-8-11-19(26)12-9-18)20(4-2)23(17)22-16-27-25(24(22)28)14-6-5-7-15-25/h8-13,22,27H,3-7,14-16H2,1-2H3. The molecule has 0 amide bonds. The Labute approximate surface area is 167 Å². The van der Waals surface area contributed by atoms with Crippen molar-refractivity contribution in [1.82, 2.24) is 5.32 Å².